The summed E-state index contributed by atoms with van der Waals surface area (Å²) in [7, 11) is 3.36. The molecule has 8 rings (SSSR count). The molecule has 5 heterocycles. The van der Waals surface area contributed by atoms with Crippen LogP contribution in [0.5, 0.6) is 11.5 Å². The van der Waals surface area contributed by atoms with Crippen molar-refractivity contribution >= 4 is 29.3 Å². The van der Waals surface area contributed by atoms with Crippen LogP contribution in [0.15, 0.2) is 85.2 Å². The number of rotatable bonds is 13. The van der Waals surface area contributed by atoms with Crippen LogP contribution < -0.4 is 24.2 Å². The fourth-order valence-corrected chi connectivity index (χ4v) is 7.80. The van der Waals surface area contributed by atoms with Gasteiger partial charge in [0.2, 0.25) is 17.8 Å². The van der Waals surface area contributed by atoms with E-state index in [9.17, 15) is 4.79 Å². The summed E-state index contributed by atoms with van der Waals surface area (Å²) < 4.78 is 16.5. The quantitative estimate of drug-likeness (QED) is 0.153. The molecule has 0 radical (unpaired) electrons. The molecule has 2 aromatic heterocycles. The smallest absolute Gasteiger partial charge is 0.228 e. The highest BCUT2D eigenvalue weighted by Gasteiger charge is 2.30. The lowest BCUT2D eigenvalue weighted by Gasteiger charge is -2.34. The number of carbonyl (C=O) groups excluding carboxylic acids is 1. The number of aromatic nitrogens is 4. The van der Waals surface area contributed by atoms with Crippen LogP contribution in [0, 0.1) is 0 Å². The average molecular weight is 770 g/mol. The van der Waals surface area contributed by atoms with Gasteiger partial charge in [0.05, 0.1) is 33.1 Å². The predicted molar refractivity (Wildman–Crippen MR) is 222 cm³/mol. The molecule has 0 saturated carbocycles. The zero-order chi connectivity index (χ0) is 39.1. The summed E-state index contributed by atoms with van der Waals surface area (Å²) in [4.78, 5) is 43.3. The zero-order valence-corrected chi connectivity index (χ0v) is 33.1. The topological polar surface area (TPSA) is 113 Å². The molecule has 0 unspecified atom stereocenters. The van der Waals surface area contributed by atoms with Crippen molar-refractivity contribution < 1.29 is 19.0 Å². The van der Waals surface area contributed by atoms with E-state index in [0.29, 0.717) is 38.2 Å². The molecule has 13 heteroatoms. The Kier molecular flexibility index (Phi) is 11.7. The number of hydrogen-bond donors (Lipinski definition) is 0. The van der Waals surface area contributed by atoms with Gasteiger partial charge in [0.1, 0.15) is 17.3 Å². The number of ether oxygens (including phenoxy) is 3. The SMILES string of the molecule is COc1ccc(CN(Cc2ccc(OC)cc2)c2ncc(-c3nc(N4CCOCC4)nc4c3CCN4c3cccc(CCN4CCN(C(C)=O)CC4)c3)cn2)cc1. The van der Waals surface area contributed by atoms with Crippen molar-refractivity contribution in [3.8, 4) is 22.8 Å². The Bertz CT molecular complexity index is 2070. The van der Waals surface area contributed by atoms with E-state index in [1.807, 2.05) is 41.6 Å². The number of carbonyl (C=O) groups is 1. The maximum atomic E-state index is 11.8. The number of anilines is 4. The van der Waals surface area contributed by atoms with E-state index in [4.69, 9.17) is 34.1 Å². The van der Waals surface area contributed by atoms with Crippen molar-refractivity contribution in [3.63, 3.8) is 0 Å². The largest absolute Gasteiger partial charge is 0.497 e. The maximum Gasteiger partial charge on any atom is 0.228 e. The molecule has 13 nitrogen and oxygen atoms in total. The van der Waals surface area contributed by atoms with Crippen LogP contribution in [0.2, 0.25) is 0 Å². The molecule has 3 aromatic carbocycles. The van der Waals surface area contributed by atoms with Crippen LogP contribution in [-0.2, 0) is 35.5 Å². The molecule has 0 N–H and O–H groups in total. The number of nitrogens with zero attached hydrogens (tertiary/aromatic N) is 9. The fraction of sp³-hybridized carbons (Fsp3) is 0.386. The summed E-state index contributed by atoms with van der Waals surface area (Å²) in [6, 6.07) is 25.1. The van der Waals surface area contributed by atoms with E-state index >= 15 is 0 Å². The molecule has 5 aromatic rings. The van der Waals surface area contributed by atoms with Gasteiger partial charge in [-0.2, -0.15) is 4.98 Å². The minimum absolute atomic E-state index is 0.162. The number of fused-ring (bicyclic) bond motifs is 1. The molecular formula is C44H51N9O4. The molecule has 57 heavy (non-hydrogen) atoms. The monoisotopic (exact) mass is 769 g/mol. The van der Waals surface area contributed by atoms with Crippen LogP contribution >= 0.6 is 0 Å². The number of morpholine rings is 1. The highest BCUT2D eigenvalue weighted by atomic mass is 16.5. The van der Waals surface area contributed by atoms with Gasteiger partial charge in [0.15, 0.2) is 0 Å². The Hall–Kier alpha value is -5.79. The van der Waals surface area contributed by atoms with E-state index in [-0.39, 0.29) is 5.91 Å². The lowest BCUT2D eigenvalue weighted by Crippen LogP contribution is -2.48. The predicted octanol–water partition coefficient (Wildman–Crippen LogP) is 5.40. The number of methoxy groups -OCH3 is 2. The van der Waals surface area contributed by atoms with Crippen LogP contribution in [0.1, 0.15) is 29.2 Å². The van der Waals surface area contributed by atoms with Gasteiger partial charge in [-0.1, -0.05) is 36.4 Å². The van der Waals surface area contributed by atoms with Gasteiger partial charge in [0, 0.05) is 102 Å². The van der Waals surface area contributed by atoms with Gasteiger partial charge >= 0.3 is 0 Å². The third kappa shape index (κ3) is 8.95. The van der Waals surface area contributed by atoms with E-state index in [2.05, 4.69) is 68.1 Å². The molecule has 0 bridgehead atoms. The van der Waals surface area contributed by atoms with Gasteiger partial charge in [-0.3, -0.25) is 9.69 Å². The molecule has 2 fully saturated rings. The van der Waals surface area contributed by atoms with Crippen LogP contribution in [-0.4, -0.2) is 115 Å². The second-order valence-corrected chi connectivity index (χ2v) is 14.8. The fourth-order valence-electron chi connectivity index (χ4n) is 7.80. The molecule has 0 atom stereocenters. The van der Waals surface area contributed by atoms with Crippen LogP contribution in [0.25, 0.3) is 11.3 Å². The number of hydrogen-bond acceptors (Lipinski definition) is 12. The molecule has 0 aliphatic carbocycles. The summed E-state index contributed by atoms with van der Waals surface area (Å²) in [6.07, 6.45) is 5.56. The minimum atomic E-state index is 0.162. The molecule has 1 amide bonds. The van der Waals surface area contributed by atoms with Crippen molar-refractivity contribution in [2.24, 2.45) is 0 Å². The first-order chi connectivity index (χ1) is 27.9. The first-order valence-corrected chi connectivity index (χ1v) is 19.9. The van der Waals surface area contributed by atoms with E-state index in [1.165, 1.54) is 5.56 Å². The molecule has 296 valence electrons. The highest BCUT2D eigenvalue weighted by Crippen LogP contribution is 2.39. The minimum Gasteiger partial charge on any atom is -0.497 e. The van der Waals surface area contributed by atoms with Crippen molar-refractivity contribution in [1.29, 1.82) is 0 Å². The molecule has 3 aliphatic rings. The average Bonchev–Trinajstić information content (AvgIpc) is 3.70. The van der Waals surface area contributed by atoms with E-state index in [1.54, 1.807) is 21.1 Å². The molecule has 2 saturated heterocycles. The number of benzene rings is 3. The van der Waals surface area contributed by atoms with Crippen LogP contribution in [0.4, 0.5) is 23.4 Å². The highest BCUT2D eigenvalue weighted by molar-refractivity contribution is 5.77. The van der Waals surface area contributed by atoms with Gasteiger partial charge < -0.3 is 33.8 Å². The van der Waals surface area contributed by atoms with E-state index < -0.39 is 0 Å². The molecule has 0 spiro atoms. The maximum absolute atomic E-state index is 11.8. The Balaban J connectivity index is 1.06. The Labute approximate surface area is 334 Å². The summed E-state index contributed by atoms with van der Waals surface area (Å²) in [6.45, 7) is 10.8. The second-order valence-electron chi connectivity index (χ2n) is 14.8. The van der Waals surface area contributed by atoms with Crippen molar-refractivity contribution in [1.82, 2.24) is 29.7 Å². The summed E-state index contributed by atoms with van der Waals surface area (Å²) in [5.41, 5.74) is 7.50. The third-order valence-electron chi connectivity index (χ3n) is 11.1. The second kappa shape index (κ2) is 17.6. The third-order valence-corrected chi connectivity index (χ3v) is 11.1. The standard InChI is InChI=1S/C44H51N9O4/c1-32(54)50-21-19-49(20-22-50)17-15-33-5-4-6-37(27-33)53-18-16-40-41(47-44(48-42(40)53)51-23-25-57-26-24-51)36-28-45-43(46-29-36)52(30-34-7-11-38(55-2)12-8-34)31-35-9-13-39(56-3)14-10-35/h4-14,27-29H,15-26,30-31H2,1-3H3. The van der Waals surface area contributed by atoms with Crippen molar-refractivity contribution in [3.05, 3.63) is 107 Å². The lowest BCUT2D eigenvalue weighted by molar-refractivity contribution is -0.130. The summed E-state index contributed by atoms with van der Waals surface area (Å²) in [5, 5.41) is 0. The molecular weight excluding hydrogens is 719 g/mol. The van der Waals surface area contributed by atoms with Crippen LogP contribution in [0.3, 0.4) is 0 Å². The van der Waals surface area contributed by atoms with Gasteiger partial charge in [-0.25, -0.2) is 15.0 Å². The lowest BCUT2D eigenvalue weighted by atomic mass is 10.1. The number of piperazine rings is 1. The number of amides is 1. The first-order valence-electron chi connectivity index (χ1n) is 19.9. The first kappa shape index (κ1) is 38.1. The van der Waals surface area contributed by atoms with E-state index in [0.717, 1.165) is 116 Å². The Morgan fingerprint density at radius 2 is 1.42 bits per heavy atom. The summed E-state index contributed by atoms with van der Waals surface area (Å²) in [5.74, 6) is 4.06. The van der Waals surface area contributed by atoms with Gasteiger partial charge in [0.25, 0.3) is 0 Å². The zero-order valence-electron chi connectivity index (χ0n) is 33.1. The Morgan fingerprint density at radius 1 is 0.772 bits per heavy atom. The van der Waals surface area contributed by atoms with Gasteiger partial charge in [-0.15, -0.1) is 0 Å². The van der Waals surface area contributed by atoms with Gasteiger partial charge in [-0.05, 0) is 65.9 Å². The normalized spacial score (nSPS) is 15.7. The Morgan fingerprint density at radius 3 is 2.04 bits per heavy atom. The summed E-state index contributed by atoms with van der Waals surface area (Å²) >= 11 is 0. The van der Waals surface area contributed by atoms with Crippen molar-refractivity contribution in [2.45, 2.75) is 32.9 Å². The molecule has 3 aliphatic heterocycles. The van der Waals surface area contributed by atoms with Crippen molar-refractivity contribution in [2.75, 3.05) is 94.5 Å².